The summed E-state index contributed by atoms with van der Waals surface area (Å²) in [6.07, 6.45) is 8.03. The van der Waals surface area contributed by atoms with Crippen LogP contribution in [0.1, 0.15) is 39.0 Å². The van der Waals surface area contributed by atoms with Gasteiger partial charge in [0.1, 0.15) is 0 Å². The normalized spacial score (nSPS) is 22.7. The van der Waals surface area contributed by atoms with E-state index in [2.05, 4.69) is 18.3 Å². The lowest BCUT2D eigenvalue weighted by Crippen LogP contribution is -2.45. The zero-order valence-electron chi connectivity index (χ0n) is 9.46. The van der Waals surface area contributed by atoms with Crippen molar-refractivity contribution in [3.63, 3.8) is 0 Å². The molecule has 1 aliphatic carbocycles. The van der Waals surface area contributed by atoms with Crippen LogP contribution in [0.3, 0.4) is 0 Å². The zero-order valence-corrected chi connectivity index (χ0v) is 9.46. The van der Waals surface area contributed by atoms with Crippen LogP contribution in [-0.2, 0) is 0 Å². The predicted octanol–water partition coefficient (Wildman–Crippen LogP) is 2.29. The molecule has 1 N–H and O–H groups in total. The fourth-order valence-electron chi connectivity index (χ4n) is 2.29. The van der Waals surface area contributed by atoms with E-state index in [0.717, 1.165) is 32.4 Å². The molecule has 0 saturated heterocycles. The fraction of sp³-hybridized carbons (Fsp3) is 0.750. The Morgan fingerprint density at radius 2 is 2.20 bits per heavy atom. The van der Waals surface area contributed by atoms with Crippen molar-refractivity contribution < 1.29 is 4.79 Å². The van der Waals surface area contributed by atoms with E-state index in [-0.39, 0.29) is 6.03 Å². The van der Waals surface area contributed by atoms with Gasteiger partial charge in [-0.2, -0.15) is 0 Å². The summed E-state index contributed by atoms with van der Waals surface area (Å²) in [6.45, 7) is 3.79. The van der Waals surface area contributed by atoms with Gasteiger partial charge in [0.15, 0.2) is 0 Å². The molecule has 84 valence electrons. The molecular formula is C12H20N2O. The fourth-order valence-corrected chi connectivity index (χ4v) is 2.29. The lowest BCUT2D eigenvalue weighted by molar-refractivity contribution is 0.197. The number of rotatable bonds is 1. The molecule has 1 aliphatic heterocycles. The molecule has 1 fully saturated rings. The van der Waals surface area contributed by atoms with E-state index in [1.807, 2.05) is 4.90 Å². The van der Waals surface area contributed by atoms with Crippen LogP contribution in [-0.4, -0.2) is 30.1 Å². The molecule has 2 rings (SSSR count). The van der Waals surface area contributed by atoms with Gasteiger partial charge in [-0.3, -0.25) is 0 Å². The summed E-state index contributed by atoms with van der Waals surface area (Å²) < 4.78 is 0. The summed E-state index contributed by atoms with van der Waals surface area (Å²) in [4.78, 5) is 13.8. The lowest BCUT2D eigenvalue weighted by Gasteiger charge is -2.27. The molecule has 0 bridgehead atoms. The van der Waals surface area contributed by atoms with Crippen molar-refractivity contribution >= 4 is 6.03 Å². The van der Waals surface area contributed by atoms with Gasteiger partial charge in [-0.15, -0.1) is 0 Å². The Balaban J connectivity index is 1.80. The third-order valence-electron chi connectivity index (χ3n) is 3.41. The standard InChI is InChI=1S/C12H20N2O/c1-10-6-8-14(9-7-10)12(15)13-11-4-2-3-5-11/h6,11H,2-5,7-9H2,1H3,(H,13,15). The summed E-state index contributed by atoms with van der Waals surface area (Å²) in [7, 11) is 0. The zero-order chi connectivity index (χ0) is 10.7. The number of urea groups is 1. The molecule has 0 aromatic carbocycles. The number of carbonyl (C=O) groups is 1. The molecule has 2 aliphatic rings. The first-order chi connectivity index (χ1) is 7.25. The molecule has 1 heterocycles. The van der Waals surface area contributed by atoms with Crippen LogP contribution in [0.25, 0.3) is 0 Å². The average Bonchev–Trinajstić information content (AvgIpc) is 2.71. The highest BCUT2D eigenvalue weighted by Crippen LogP contribution is 2.18. The van der Waals surface area contributed by atoms with Crippen molar-refractivity contribution in [2.75, 3.05) is 13.1 Å². The van der Waals surface area contributed by atoms with Crippen molar-refractivity contribution in [3.05, 3.63) is 11.6 Å². The van der Waals surface area contributed by atoms with Gasteiger partial charge >= 0.3 is 6.03 Å². The van der Waals surface area contributed by atoms with Gasteiger partial charge in [0.2, 0.25) is 0 Å². The van der Waals surface area contributed by atoms with E-state index in [1.54, 1.807) is 0 Å². The Morgan fingerprint density at radius 1 is 1.47 bits per heavy atom. The molecule has 0 aromatic heterocycles. The summed E-state index contributed by atoms with van der Waals surface area (Å²) in [5, 5.41) is 3.12. The van der Waals surface area contributed by atoms with Gasteiger partial charge in [0, 0.05) is 19.1 Å². The van der Waals surface area contributed by atoms with Crippen LogP contribution < -0.4 is 5.32 Å². The first-order valence-corrected chi connectivity index (χ1v) is 5.97. The number of nitrogens with zero attached hydrogens (tertiary/aromatic N) is 1. The molecule has 0 unspecified atom stereocenters. The highest BCUT2D eigenvalue weighted by Gasteiger charge is 2.21. The SMILES string of the molecule is CC1=CCN(C(=O)NC2CCCC2)CC1. The molecule has 0 atom stereocenters. The van der Waals surface area contributed by atoms with Crippen LogP contribution in [0.4, 0.5) is 4.79 Å². The van der Waals surface area contributed by atoms with Gasteiger partial charge < -0.3 is 10.2 Å². The van der Waals surface area contributed by atoms with Gasteiger partial charge in [0.05, 0.1) is 0 Å². The third kappa shape index (κ3) is 2.74. The van der Waals surface area contributed by atoms with E-state index in [0.29, 0.717) is 6.04 Å². The molecule has 2 amide bonds. The molecule has 3 nitrogen and oxygen atoms in total. The van der Waals surface area contributed by atoms with Crippen molar-refractivity contribution in [3.8, 4) is 0 Å². The molecule has 1 saturated carbocycles. The van der Waals surface area contributed by atoms with E-state index in [1.165, 1.54) is 18.4 Å². The largest absolute Gasteiger partial charge is 0.335 e. The summed E-state index contributed by atoms with van der Waals surface area (Å²) in [6, 6.07) is 0.565. The van der Waals surface area contributed by atoms with E-state index in [9.17, 15) is 4.79 Å². The number of nitrogens with one attached hydrogen (secondary N) is 1. The minimum absolute atomic E-state index is 0.130. The second kappa shape index (κ2) is 4.69. The van der Waals surface area contributed by atoms with E-state index >= 15 is 0 Å². The molecule has 0 radical (unpaired) electrons. The maximum absolute atomic E-state index is 11.8. The molecule has 0 aromatic rings. The summed E-state index contributed by atoms with van der Waals surface area (Å²) in [5.41, 5.74) is 1.40. The third-order valence-corrected chi connectivity index (χ3v) is 3.41. The molecule has 3 heteroatoms. The van der Waals surface area contributed by atoms with E-state index in [4.69, 9.17) is 0 Å². The number of amides is 2. The molecular weight excluding hydrogens is 188 g/mol. The Morgan fingerprint density at radius 3 is 2.80 bits per heavy atom. The van der Waals surface area contributed by atoms with Crippen molar-refractivity contribution in [2.45, 2.75) is 45.1 Å². The average molecular weight is 208 g/mol. The lowest BCUT2D eigenvalue weighted by atomic mass is 10.1. The predicted molar refractivity (Wildman–Crippen MR) is 60.7 cm³/mol. The molecule has 0 spiro atoms. The van der Waals surface area contributed by atoms with Crippen LogP contribution >= 0.6 is 0 Å². The maximum atomic E-state index is 11.8. The second-order valence-corrected chi connectivity index (χ2v) is 4.68. The Kier molecular flexibility index (Phi) is 3.29. The van der Waals surface area contributed by atoms with Crippen molar-refractivity contribution in [1.82, 2.24) is 10.2 Å². The number of hydrogen-bond donors (Lipinski definition) is 1. The van der Waals surface area contributed by atoms with E-state index < -0.39 is 0 Å². The van der Waals surface area contributed by atoms with Gasteiger partial charge in [0.25, 0.3) is 0 Å². The Labute approximate surface area is 91.5 Å². The van der Waals surface area contributed by atoms with Gasteiger partial charge in [-0.05, 0) is 26.2 Å². The first-order valence-electron chi connectivity index (χ1n) is 5.97. The first kappa shape index (κ1) is 10.5. The van der Waals surface area contributed by atoms with Crippen molar-refractivity contribution in [1.29, 1.82) is 0 Å². The topological polar surface area (TPSA) is 32.3 Å². The van der Waals surface area contributed by atoms with Crippen LogP contribution in [0.5, 0.6) is 0 Å². The smallest absolute Gasteiger partial charge is 0.317 e. The van der Waals surface area contributed by atoms with Crippen LogP contribution in [0.15, 0.2) is 11.6 Å². The minimum atomic E-state index is 0.130. The maximum Gasteiger partial charge on any atom is 0.317 e. The number of carbonyl (C=O) groups excluding carboxylic acids is 1. The summed E-state index contributed by atoms with van der Waals surface area (Å²) >= 11 is 0. The highest BCUT2D eigenvalue weighted by atomic mass is 16.2. The number of hydrogen-bond acceptors (Lipinski definition) is 1. The molecule has 15 heavy (non-hydrogen) atoms. The van der Waals surface area contributed by atoms with Gasteiger partial charge in [-0.1, -0.05) is 24.5 Å². The second-order valence-electron chi connectivity index (χ2n) is 4.68. The Hall–Kier alpha value is -0.990. The van der Waals surface area contributed by atoms with Crippen molar-refractivity contribution in [2.24, 2.45) is 0 Å². The van der Waals surface area contributed by atoms with Crippen LogP contribution in [0.2, 0.25) is 0 Å². The minimum Gasteiger partial charge on any atom is -0.335 e. The highest BCUT2D eigenvalue weighted by molar-refractivity contribution is 5.75. The monoisotopic (exact) mass is 208 g/mol. The summed E-state index contributed by atoms with van der Waals surface area (Å²) in [5.74, 6) is 0. The van der Waals surface area contributed by atoms with Gasteiger partial charge in [-0.25, -0.2) is 4.79 Å². The quantitative estimate of drug-likeness (QED) is 0.659. The van der Waals surface area contributed by atoms with Crippen LogP contribution in [0, 0.1) is 0 Å². The Bertz CT molecular complexity index is 267.